The SMILES string of the molecule is CO[C@@H]1COCCC1CNC1CCN(C(=O)c2cc(NC[C@H]3CCC[C@@H](c4ccc(C(F)(F)F)cc4)O3)nc(C(F)(F)F)n2)CC1. The van der Waals surface area contributed by atoms with Crippen molar-refractivity contribution >= 4 is 11.7 Å². The molecule has 15 heteroatoms. The van der Waals surface area contributed by atoms with Crippen LogP contribution in [0.25, 0.3) is 0 Å². The Bertz CT molecular complexity index is 1300. The van der Waals surface area contributed by atoms with Crippen molar-refractivity contribution in [2.45, 2.75) is 75.2 Å². The molecule has 2 aromatic rings. The number of alkyl halides is 6. The highest BCUT2D eigenvalue weighted by Crippen LogP contribution is 2.35. The van der Waals surface area contributed by atoms with Crippen molar-refractivity contribution in [1.29, 1.82) is 0 Å². The maximum absolute atomic E-state index is 13.7. The minimum atomic E-state index is -4.87. The van der Waals surface area contributed by atoms with E-state index in [2.05, 4.69) is 20.6 Å². The predicted molar refractivity (Wildman–Crippen MR) is 155 cm³/mol. The Morgan fingerprint density at radius 2 is 1.72 bits per heavy atom. The largest absolute Gasteiger partial charge is 0.451 e. The van der Waals surface area contributed by atoms with Crippen molar-refractivity contribution in [1.82, 2.24) is 20.2 Å². The lowest BCUT2D eigenvalue weighted by Crippen LogP contribution is -2.48. The van der Waals surface area contributed by atoms with Gasteiger partial charge < -0.3 is 29.7 Å². The molecule has 5 rings (SSSR count). The van der Waals surface area contributed by atoms with Gasteiger partial charge in [-0.15, -0.1) is 0 Å². The summed E-state index contributed by atoms with van der Waals surface area (Å²) < 4.78 is 97.1. The summed E-state index contributed by atoms with van der Waals surface area (Å²) in [6.45, 7) is 2.83. The van der Waals surface area contributed by atoms with Gasteiger partial charge in [-0.2, -0.15) is 26.3 Å². The minimum Gasteiger partial charge on any atom is -0.379 e. The second-order valence-corrected chi connectivity index (χ2v) is 12.0. The number of methoxy groups -OCH3 is 1. The Morgan fingerprint density at radius 1 is 0.978 bits per heavy atom. The zero-order valence-corrected chi connectivity index (χ0v) is 25.5. The second kappa shape index (κ2) is 14.8. The Kier molecular flexibility index (Phi) is 11.1. The molecule has 1 aromatic carbocycles. The van der Waals surface area contributed by atoms with Crippen LogP contribution >= 0.6 is 0 Å². The third-order valence-corrected chi connectivity index (χ3v) is 8.86. The molecular weight excluding hydrogens is 620 g/mol. The molecule has 0 radical (unpaired) electrons. The first-order valence-corrected chi connectivity index (χ1v) is 15.6. The zero-order chi connectivity index (χ0) is 32.9. The van der Waals surface area contributed by atoms with Crippen LogP contribution in [-0.4, -0.2) is 85.5 Å². The van der Waals surface area contributed by atoms with E-state index in [4.69, 9.17) is 14.2 Å². The molecule has 3 fully saturated rings. The van der Waals surface area contributed by atoms with Crippen molar-refractivity contribution < 1.29 is 45.3 Å². The summed E-state index contributed by atoms with van der Waals surface area (Å²) in [6, 6.07) is 6.14. The van der Waals surface area contributed by atoms with Gasteiger partial charge in [-0.1, -0.05) is 12.1 Å². The van der Waals surface area contributed by atoms with E-state index in [9.17, 15) is 31.1 Å². The Balaban J connectivity index is 1.17. The van der Waals surface area contributed by atoms with Gasteiger partial charge in [-0.25, -0.2) is 9.97 Å². The monoisotopic (exact) mass is 659 g/mol. The maximum atomic E-state index is 13.7. The molecule has 46 heavy (non-hydrogen) atoms. The van der Waals surface area contributed by atoms with Gasteiger partial charge in [-0.05, 0) is 56.2 Å². The number of amides is 1. The summed E-state index contributed by atoms with van der Waals surface area (Å²) in [5, 5.41) is 6.41. The third kappa shape index (κ3) is 8.87. The molecule has 0 spiro atoms. The maximum Gasteiger partial charge on any atom is 0.451 e. The van der Waals surface area contributed by atoms with Crippen LogP contribution in [0, 0.1) is 5.92 Å². The number of halogens is 6. The first kappa shape index (κ1) is 34.3. The summed E-state index contributed by atoms with van der Waals surface area (Å²) in [5.41, 5.74) is -0.519. The average molecular weight is 660 g/mol. The molecule has 4 heterocycles. The summed E-state index contributed by atoms with van der Waals surface area (Å²) in [7, 11) is 1.67. The summed E-state index contributed by atoms with van der Waals surface area (Å²) in [5.74, 6) is -1.86. The van der Waals surface area contributed by atoms with Crippen LogP contribution in [0.5, 0.6) is 0 Å². The fourth-order valence-electron chi connectivity index (χ4n) is 6.19. The molecule has 1 amide bonds. The fraction of sp³-hybridized carbons (Fsp3) is 0.645. The van der Waals surface area contributed by atoms with Crippen molar-refractivity contribution in [2.75, 3.05) is 51.8 Å². The number of likely N-dealkylation sites (tertiary alicyclic amines) is 1. The van der Waals surface area contributed by atoms with E-state index in [0.717, 1.165) is 25.1 Å². The quantitative estimate of drug-likeness (QED) is 0.342. The molecule has 0 saturated carbocycles. The highest BCUT2D eigenvalue weighted by atomic mass is 19.4. The van der Waals surface area contributed by atoms with Crippen molar-refractivity contribution in [3.63, 3.8) is 0 Å². The molecule has 3 aliphatic heterocycles. The van der Waals surface area contributed by atoms with Gasteiger partial charge in [0.15, 0.2) is 0 Å². The zero-order valence-electron chi connectivity index (χ0n) is 25.5. The van der Waals surface area contributed by atoms with E-state index < -0.39 is 41.9 Å². The van der Waals surface area contributed by atoms with Gasteiger partial charge in [0.1, 0.15) is 11.5 Å². The first-order chi connectivity index (χ1) is 21.9. The predicted octanol–water partition coefficient (Wildman–Crippen LogP) is 5.48. The van der Waals surface area contributed by atoms with Crippen LogP contribution in [0.1, 0.15) is 72.1 Å². The topological polar surface area (TPSA) is 97.8 Å². The van der Waals surface area contributed by atoms with Crippen molar-refractivity contribution in [3.05, 3.63) is 53.0 Å². The summed E-state index contributed by atoms with van der Waals surface area (Å²) >= 11 is 0. The van der Waals surface area contributed by atoms with Gasteiger partial charge >= 0.3 is 12.4 Å². The number of rotatable bonds is 9. The van der Waals surface area contributed by atoms with Gasteiger partial charge in [0.05, 0.1) is 30.5 Å². The van der Waals surface area contributed by atoms with Gasteiger partial charge in [0.25, 0.3) is 5.91 Å². The number of hydrogen-bond acceptors (Lipinski definition) is 8. The highest BCUT2D eigenvalue weighted by molar-refractivity contribution is 5.93. The molecule has 0 aliphatic carbocycles. The molecule has 9 nitrogen and oxygen atoms in total. The van der Waals surface area contributed by atoms with E-state index in [0.29, 0.717) is 69.9 Å². The molecule has 4 atom stereocenters. The molecular formula is C31H39F6N5O4. The third-order valence-electron chi connectivity index (χ3n) is 8.86. The van der Waals surface area contributed by atoms with E-state index in [1.165, 1.54) is 23.1 Å². The minimum absolute atomic E-state index is 0.0245. The Labute approximate surface area is 263 Å². The summed E-state index contributed by atoms with van der Waals surface area (Å²) in [4.78, 5) is 22.0. The smallest absolute Gasteiger partial charge is 0.379 e. The number of piperidine rings is 1. The number of aromatic nitrogens is 2. The number of hydrogen-bond donors (Lipinski definition) is 2. The second-order valence-electron chi connectivity index (χ2n) is 12.0. The lowest BCUT2D eigenvalue weighted by Gasteiger charge is -2.35. The van der Waals surface area contributed by atoms with Crippen LogP contribution in [0.15, 0.2) is 30.3 Å². The van der Waals surface area contributed by atoms with Crippen LogP contribution in [0.4, 0.5) is 32.2 Å². The normalized spacial score (nSPS) is 25.0. The van der Waals surface area contributed by atoms with E-state index in [-0.39, 0.29) is 30.2 Å². The number of carbonyl (C=O) groups excluding carboxylic acids is 1. The van der Waals surface area contributed by atoms with Crippen LogP contribution in [0.2, 0.25) is 0 Å². The lowest BCUT2D eigenvalue weighted by atomic mass is 9.95. The van der Waals surface area contributed by atoms with E-state index in [1.807, 2.05) is 0 Å². The molecule has 0 bridgehead atoms. The standard InChI is InChI=1S/C31H39F6N5O4/c1-44-26-18-45-14-11-20(26)16-38-22-9-12-42(13-10-22)28(43)24-15-27(41-29(40-24)31(35,36)37)39-17-23-3-2-4-25(46-23)19-5-7-21(8-6-19)30(32,33)34/h5-8,15,20,22-23,25-26,38H,2-4,9-14,16-18H2,1H3,(H,39,40,41)/t20?,23-,25+,26-/m1/s1. The molecule has 2 N–H and O–H groups in total. The van der Waals surface area contributed by atoms with Gasteiger partial charge in [0.2, 0.25) is 5.82 Å². The van der Waals surface area contributed by atoms with Crippen molar-refractivity contribution in [3.8, 4) is 0 Å². The summed E-state index contributed by atoms with van der Waals surface area (Å²) in [6.07, 6.45) is -6.09. The average Bonchev–Trinajstić information content (AvgIpc) is 3.05. The molecule has 3 aliphatic rings. The van der Waals surface area contributed by atoms with Crippen LogP contribution in [0.3, 0.4) is 0 Å². The molecule has 254 valence electrons. The molecule has 1 unspecified atom stereocenters. The number of anilines is 1. The molecule has 3 saturated heterocycles. The number of benzene rings is 1. The van der Waals surface area contributed by atoms with E-state index >= 15 is 0 Å². The number of carbonyl (C=O) groups is 1. The fourth-order valence-corrected chi connectivity index (χ4v) is 6.19. The van der Waals surface area contributed by atoms with Crippen molar-refractivity contribution in [2.24, 2.45) is 5.92 Å². The number of nitrogens with one attached hydrogen (secondary N) is 2. The van der Waals surface area contributed by atoms with Crippen LogP contribution in [-0.2, 0) is 26.6 Å². The molecule has 1 aromatic heterocycles. The Morgan fingerprint density at radius 3 is 2.39 bits per heavy atom. The highest BCUT2D eigenvalue weighted by Gasteiger charge is 2.37. The first-order valence-electron chi connectivity index (χ1n) is 15.6. The Hall–Kier alpha value is -3.01. The van der Waals surface area contributed by atoms with Gasteiger partial charge in [-0.3, -0.25) is 4.79 Å². The number of ether oxygens (including phenoxy) is 3. The lowest BCUT2D eigenvalue weighted by molar-refractivity contribution is -0.145. The van der Waals surface area contributed by atoms with E-state index in [1.54, 1.807) is 7.11 Å². The van der Waals surface area contributed by atoms with Gasteiger partial charge in [0, 0.05) is 57.9 Å². The number of nitrogens with zero attached hydrogens (tertiary/aromatic N) is 3. The van der Waals surface area contributed by atoms with Crippen LogP contribution < -0.4 is 10.6 Å².